The number of benzene rings is 3. The fourth-order valence-corrected chi connectivity index (χ4v) is 3.60. The molecule has 5 nitrogen and oxygen atoms in total. The zero-order valence-corrected chi connectivity index (χ0v) is 19.4. The maximum atomic E-state index is 13.2. The Balaban J connectivity index is 1.80. The molecule has 2 amide bonds. The molecule has 168 valence electrons. The second kappa shape index (κ2) is 11.0. The monoisotopic (exact) mass is 452 g/mol. The number of nitrogens with one attached hydrogen (secondary N) is 1. The molecule has 0 bridgehead atoms. The lowest BCUT2D eigenvalue weighted by molar-refractivity contribution is -0.142. The first-order valence-electron chi connectivity index (χ1n) is 10.8. The third-order valence-corrected chi connectivity index (χ3v) is 5.94. The Morgan fingerprint density at radius 1 is 1.00 bits per heavy atom. The number of nitrogens with zero attached hydrogens (tertiary/aromatic N) is 1. The zero-order chi connectivity index (χ0) is 23.1. The molecule has 3 aromatic rings. The van der Waals surface area contributed by atoms with Crippen LogP contribution in [0.2, 0.25) is 5.02 Å². The Kier molecular flexibility index (Phi) is 8.12. The Bertz CT molecular complexity index is 1080. The Labute approximate surface area is 194 Å². The molecule has 0 spiro atoms. The highest BCUT2D eigenvalue weighted by atomic mass is 35.5. The molecule has 0 aliphatic heterocycles. The van der Waals surface area contributed by atoms with Crippen molar-refractivity contribution in [1.82, 2.24) is 10.2 Å². The van der Waals surface area contributed by atoms with Crippen LogP contribution < -0.4 is 10.1 Å². The van der Waals surface area contributed by atoms with Crippen molar-refractivity contribution in [2.45, 2.75) is 45.8 Å². The molecule has 2 atom stereocenters. The maximum Gasteiger partial charge on any atom is 0.261 e. The van der Waals surface area contributed by atoms with Gasteiger partial charge in [-0.2, -0.15) is 0 Å². The molecule has 0 heterocycles. The molecule has 0 saturated carbocycles. The molecular formula is C26H29ClN2O3. The van der Waals surface area contributed by atoms with Crippen molar-refractivity contribution in [1.29, 1.82) is 0 Å². The van der Waals surface area contributed by atoms with Gasteiger partial charge in [0.2, 0.25) is 5.91 Å². The SMILES string of the molecule is CC[C@@H](C)NC(=O)[C@@H](C)N(Cc1ccccc1Cl)C(=O)COc1cccc2ccccc12. The van der Waals surface area contributed by atoms with Crippen molar-refractivity contribution in [3.05, 3.63) is 77.3 Å². The quantitative estimate of drug-likeness (QED) is 0.485. The average Bonchev–Trinajstić information content (AvgIpc) is 2.81. The molecule has 0 aliphatic carbocycles. The fourth-order valence-electron chi connectivity index (χ4n) is 3.40. The third kappa shape index (κ3) is 5.80. The fraction of sp³-hybridized carbons (Fsp3) is 0.308. The summed E-state index contributed by atoms with van der Waals surface area (Å²) in [5.74, 6) is 0.139. The van der Waals surface area contributed by atoms with Crippen molar-refractivity contribution in [3.8, 4) is 5.75 Å². The highest BCUT2D eigenvalue weighted by Gasteiger charge is 2.27. The molecule has 0 radical (unpaired) electrons. The van der Waals surface area contributed by atoms with Crippen molar-refractivity contribution in [3.63, 3.8) is 0 Å². The van der Waals surface area contributed by atoms with E-state index in [-0.39, 0.29) is 31.0 Å². The molecular weight excluding hydrogens is 424 g/mol. The predicted octanol–water partition coefficient (Wildman–Crippen LogP) is 5.20. The zero-order valence-electron chi connectivity index (χ0n) is 18.7. The molecule has 0 unspecified atom stereocenters. The average molecular weight is 453 g/mol. The van der Waals surface area contributed by atoms with Crippen LogP contribution in [-0.4, -0.2) is 35.4 Å². The summed E-state index contributed by atoms with van der Waals surface area (Å²) in [7, 11) is 0. The van der Waals surface area contributed by atoms with Gasteiger partial charge in [-0.25, -0.2) is 0 Å². The predicted molar refractivity (Wildman–Crippen MR) is 129 cm³/mol. The largest absolute Gasteiger partial charge is 0.483 e. The van der Waals surface area contributed by atoms with E-state index in [1.165, 1.54) is 4.90 Å². The van der Waals surface area contributed by atoms with Gasteiger partial charge in [0.15, 0.2) is 6.61 Å². The normalized spacial score (nSPS) is 12.8. The maximum absolute atomic E-state index is 13.2. The number of carbonyl (C=O) groups excluding carboxylic acids is 2. The van der Waals surface area contributed by atoms with Crippen LogP contribution in [0.15, 0.2) is 66.7 Å². The Morgan fingerprint density at radius 2 is 1.69 bits per heavy atom. The van der Waals surface area contributed by atoms with Crippen LogP contribution in [0.5, 0.6) is 5.75 Å². The summed E-state index contributed by atoms with van der Waals surface area (Å²) in [4.78, 5) is 27.6. The van der Waals surface area contributed by atoms with Crippen molar-refractivity contribution in [2.75, 3.05) is 6.61 Å². The van der Waals surface area contributed by atoms with Gasteiger partial charge in [-0.05, 0) is 43.4 Å². The van der Waals surface area contributed by atoms with Crippen LogP contribution >= 0.6 is 11.6 Å². The van der Waals surface area contributed by atoms with E-state index in [9.17, 15) is 9.59 Å². The van der Waals surface area contributed by atoms with Crippen molar-refractivity contribution >= 4 is 34.2 Å². The summed E-state index contributed by atoms with van der Waals surface area (Å²) >= 11 is 6.33. The molecule has 3 rings (SSSR count). The van der Waals surface area contributed by atoms with E-state index in [0.717, 1.165) is 22.8 Å². The van der Waals surface area contributed by atoms with Gasteiger partial charge in [0.05, 0.1) is 0 Å². The summed E-state index contributed by atoms with van der Waals surface area (Å²) in [6, 6.07) is 20.2. The lowest BCUT2D eigenvalue weighted by atomic mass is 10.1. The second-order valence-electron chi connectivity index (χ2n) is 7.87. The van der Waals surface area contributed by atoms with Crippen LogP contribution in [0.3, 0.4) is 0 Å². The summed E-state index contributed by atoms with van der Waals surface area (Å²) in [6.45, 7) is 5.70. The van der Waals surface area contributed by atoms with Gasteiger partial charge < -0.3 is 15.0 Å². The highest BCUT2D eigenvalue weighted by Crippen LogP contribution is 2.25. The number of rotatable bonds is 9. The Hall–Kier alpha value is -3.05. The summed E-state index contributed by atoms with van der Waals surface area (Å²) in [5.41, 5.74) is 0.774. The number of ether oxygens (including phenoxy) is 1. The highest BCUT2D eigenvalue weighted by molar-refractivity contribution is 6.31. The van der Waals surface area contributed by atoms with Crippen LogP contribution in [0.25, 0.3) is 10.8 Å². The lowest BCUT2D eigenvalue weighted by Crippen LogP contribution is -2.50. The van der Waals surface area contributed by atoms with Gasteiger partial charge in [0.25, 0.3) is 5.91 Å². The van der Waals surface area contributed by atoms with E-state index >= 15 is 0 Å². The Morgan fingerprint density at radius 3 is 2.44 bits per heavy atom. The molecule has 0 aromatic heterocycles. The number of amides is 2. The first kappa shape index (κ1) is 23.6. The van der Waals surface area contributed by atoms with Crippen LogP contribution in [0.4, 0.5) is 0 Å². The number of carbonyl (C=O) groups is 2. The number of hydrogen-bond donors (Lipinski definition) is 1. The minimum atomic E-state index is -0.677. The van der Waals surface area contributed by atoms with Crippen LogP contribution in [0, 0.1) is 0 Å². The smallest absolute Gasteiger partial charge is 0.261 e. The minimum absolute atomic E-state index is 0.0224. The molecule has 6 heteroatoms. The molecule has 1 N–H and O–H groups in total. The molecule has 32 heavy (non-hydrogen) atoms. The van der Waals surface area contributed by atoms with Gasteiger partial charge in [0, 0.05) is 23.0 Å². The van der Waals surface area contributed by atoms with E-state index in [2.05, 4.69) is 5.32 Å². The standard InChI is InChI=1S/C26H29ClN2O3/c1-4-18(2)28-26(31)19(3)29(16-21-11-6-8-14-23(21)27)25(30)17-32-24-15-9-12-20-10-5-7-13-22(20)24/h5-15,18-19H,4,16-17H2,1-3H3,(H,28,31)/t18-,19-/m1/s1. The van der Waals surface area contributed by atoms with Crippen molar-refractivity contribution in [2.24, 2.45) is 0 Å². The van der Waals surface area contributed by atoms with E-state index < -0.39 is 6.04 Å². The van der Waals surface area contributed by atoms with Gasteiger partial charge in [-0.3, -0.25) is 9.59 Å². The number of halogens is 1. The molecule has 3 aromatic carbocycles. The van der Waals surface area contributed by atoms with E-state index in [1.807, 2.05) is 74.5 Å². The van der Waals surface area contributed by atoms with Gasteiger partial charge in [0.1, 0.15) is 11.8 Å². The molecule has 0 fully saturated rings. The van der Waals surface area contributed by atoms with Crippen LogP contribution in [0.1, 0.15) is 32.8 Å². The topological polar surface area (TPSA) is 58.6 Å². The summed E-state index contributed by atoms with van der Waals surface area (Å²) in [6.07, 6.45) is 0.807. The van der Waals surface area contributed by atoms with Gasteiger partial charge in [-0.1, -0.05) is 73.1 Å². The number of fused-ring (bicyclic) bond motifs is 1. The van der Waals surface area contributed by atoms with E-state index in [0.29, 0.717) is 10.8 Å². The van der Waals surface area contributed by atoms with Gasteiger partial charge in [-0.15, -0.1) is 0 Å². The van der Waals surface area contributed by atoms with Crippen molar-refractivity contribution < 1.29 is 14.3 Å². The van der Waals surface area contributed by atoms with Gasteiger partial charge >= 0.3 is 0 Å². The van der Waals surface area contributed by atoms with Crippen LogP contribution in [-0.2, 0) is 16.1 Å². The minimum Gasteiger partial charge on any atom is -0.483 e. The summed E-state index contributed by atoms with van der Waals surface area (Å²) in [5, 5.41) is 5.47. The first-order valence-corrected chi connectivity index (χ1v) is 11.2. The van der Waals surface area contributed by atoms with E-state index in [4.69, 9.17) is 16.3 Å². The third-order valence-electron chi connectivity index (χ3n) is 5.57. The van der Waals surface area contributed by atoms with E-state index in [1.54, 1.807) is 13.0 Å². The summed E-state index contributed by atoms with van der Waals surface area (Å²) < 4.78 is 5.91. The lowest BCUT2D eigenvalue weighted by Gasteiger charge is -2.30. The number of hydrogen-bond acceptors (Lipinski definition) is 3. The second-order valence-corrected chi connectivity index (χ2v) is 8.28. The molecule has 0 aliphatic rings. The molecule has 0 saturated heterocycles. The first-order chi connectivity index (χ1) is 15.4.